The molecular weight excluding hydrogens is 463 g/mol. The number of rotatable bonds is 7. The van der Waals surface area contributed by atoms with Gasteiger partial charge in [-0.05, 0) is 49.6 Å². The van der Waals surface area contributed by atoms with Crippen molar-refractivity contribution in [3.05, 3.63) is 48.3 Å². The van der Waals surface area contributed by atoms with E-state index in [4.69, 9.17) is 0 Å². The van der Waals surface area contributed by atoms with E-state index in [9.17, 15) is 0 Å². The molecule has 1 atom stereocenters. The van der Waals surface area contributed by atoms with Crippen LogP contribution in [0.4, 0.5) is 0 Å². The quantitative estimate of drug-likeness (QED) is 0.351. The highest BCUT2D eigenvalue weighted by molar-refractivity contribution is 14.0. The molecule has 0 aliphatic carbocycles. The van der Waals surface area contributed by atoms with Gasteiger partial charge in [-0.25, -0.2) is 4.68 Å². The summed E-state index contributed by atoms with van der Waals surface area (Å²) in [6, 6.07) is 11.1. The first-order valence-electron chi connectivity index (χ1n) is 10.1. The molecule has 7 heteroatoms. The van der Waals surface area contributed by atoms with Gasteiger partial charge in [0.1, 0.15) is 0 Å². The van der Waals surface area contributed by atoms with Gasteiger partial charge in [0.15, 0.2) is 5.96 Å². The van der Waals surface area contributed by atoms with Gasteiger partial charge in [0.05, 0.1) is 5.69 Å². The first-order valence-corrected chi connectivity index (χ1v) is 10.1. The fourth-order valence-electron chi connectivity index (χ4n) is 3.77. The maximum atomic E-state index is 4.36. The Balaban J connectivity index is 0.00000280. The van der Waals surface area contributed by atoms with E-state index in [2.05, 4.69) is 56.8 Å². The normalized spacial score (nSPS) is 17.8. The third kappa shape index (κ3) is 6.48. The van der Waals surface area contributed by atoms with E-state index in [0.29, 0.717) is 0 Å². The lowest BCUT2D eigenvalue weighted by Crippen LogP contribution is -2.45. The fourth-order valence-corrected chi connectivity index (χ4v) is 3.77. The van der Waals surface area contributed by atoms with Crippen LogP contribution in [0.3, 0.4) is 0 Å². The molecule has 1 fully saturated rings. The molecule has 0 bridgehead atoms. The van der Waals surface area contributed by atoms with Crippen molar-refractivity contribution in [2.45, 2.75) is 45.2 Å². The van der Waals surface area contributed by atoms with Gasteiger partial charge in [0.25, 0.3) is 0 Å². The van der Waals surface area contributed by atoms with Gasteiger partial charge in [-0.1, -0.05) is 25.5 Å². The van der Waals surface area contributed by atoms with Crippen molar-refractivity contribution in [3.63, 3.8) is 0 Å². The van der Waals surface area contributed by atoms with Crippen LogP contribution < -0.4 is 10.6 Å². The van der Waals surface area contributed by atoms with Crippen molar-refractivity contribution in [1.29, 1.82) is 0 Å². The number of aromatic nitrogens is 2. The number of nitrogens with one attached hydrogen (secondary N) is 2. The Morgan fingerprint density at radius 2 is 2.14 bits per heavy atom. The summed E-state index contributed by atoms with van der Waals surface area (Å²) in [7, 11) is 1.82. The number of halogens is 1. The van der Waals surface area contributed by atoms with E-state index in [0.717, 1.165) is 37.3 Å². The molecule has 2 N–H and O–H groups in total. The Labute approximate surface area is 185 Å². The Hall–Kier alpha value is -1.61. The van der Waals surface area contributed by atoms with Gasteiger partial charge in [-0.3, -0.25) is 9.89 Å². The fraction of sp³-hybridized carbons (Fsp3) is 0.524. The number of nitrogens with zero attached hydrogens (tertiary/aromatic N) is 4. The van der Waals surface area contributed by atoms with Gasteiger partial charge in [0.2, 0.25) is 0 Å². The maximum absolute atomic E-state index is 4.36. The molecule has 0 radical (unpaired) electrons. The van der Waals surface area contributed by atoms with Gasteiger partial charge < -0.3 is 10.6 Å². The largest absolute Gasteiger partial charge is 0.355 e. The highest BCUT2D eigenvalue weighted by Crippen LogP contribution is 2.18. The van der Waals surface area contributed by atoms with E-state index in [-0.39, 0.29) is 24.0 Å². The third-order valence-electron chi connectivity index (χ3n) is 5.27. The Kier molecular flexibility index (Phi) is 9.77. The molecule has 3 rings (SSSR count). The first kappa shape index (κ1) is 22.7. The molecule has 1 aliphatic heterocycles. The van der Waals surface area contributed by atoms with Crippen molar-refractivity contribution in [2.75, 3.05) is 26.7 Å². The molecule has 1 aliphatic rings. The van der Waals surface area contributed by atoms with Crippen LogP contribution in [0.5, 0.6) is 0 Å². The average molecular weight is 496 g/mol. The van der Waals surface area contributed by atoms with E-state index >= 15 is 0 Å². The van der Waals surface area contributed by atoms with Crippen molar-refractivity contribution in [2.24, 2.45) is 4.99 Å². The number of hydrogen-bond acceptors (Lipinski definition) is 3. The zero-order valence-electron chi connectivity index (χ0n) is 17.0. The van der Waals surface area contributed by atoms with Crippen LogP contribution in [0, 0.1) is 0 Å². The van der Waals surface area contributed by atoms with Crippen LogP contribution in [0.2, 0.25) is 0 Å². The molecule has 28 heavy (non-hydrogen) atoms. The summed E-state index contributed by atoms with van der Waals surface area (Å²) in [5.41, 5.74) is 2.27. The second kappa shape index (κ2) is 12.1. The average Bonchev–Trinajstić information content (AvgIpc) is 3.26. The smallest absolute Gasteiger partial charge is 0.191 e. The first-order chi connectivity index (χ1) is 13.3. The Morgan fingerprint density at radius 1 is 1.25 bits per heavy atom. The highest BCUT2D eigenvalue weighted by atomic mass is 127. The van der Waals surface area contributed by atoms with Crippen LogP contribution in [0.25, 0.3) is 5.69 Å². The minimum Gasteiger partial charge on any atom is -0.355 e. The molecule has 154 valence electrons. The van der Waals surface area contributed by atoms with Crippen molar-refractivity contribution >= 4 is 29.9 Å². The minimum atomic E-state index is 0. The molecule has 0 amide bonds. The Bertz CT molecular complexity index is 715. The van der Waals surface area contributed by atoms with Crippen LogP contribution in [-0.4, -0.2) is 53.4 Å². The van der Waals surface area contributed by atoms with E-state index in [1.807, 2.05) is 24.0 Å². The lowest BCUT2D eigenvalue weighted by molar-refractivity contribution is 0.147. The molecule has 2 heterocycles. The van der Waals surface area contributed by atoms with Gasteiger partial charge in [-0.15, -0.1) is 24.0 Å². The summed E-state index contributed by atoms with van der Waals surface area (Å²) in [5.74, 6) is 0.851. The number of hydrogen-bond donors (Lipinski definition) is 2. The van der Waals surface area contributed by atoms with Crippen molar-refractivity contribution in [1.82, 2.24) is 25.3 Å². The van der Waals surface area contributed by atoms with E-state index in [1.165, 1.54) is 37.8 Å². The lowest BCUT2D eigenvalue weighted by Gasteiger charge is -2.35. The molecule has 1 aromatic heterocycles. The minimum absolute atomic E-state index is 0. The molecular formula is C21H33IN6. The van der Waals surface area contributed by atoms with E-state index in [1.54, 1.807) is 6.20 Å². The molecule has 0 saturated carbocycles. The third-order valence-corrected chi connectivity index (χ3v) is 5.27. The molecule has 6 nitrogen and oxygen atoms in total. The summed E-state index contributed by atoms with van der Waals surface area (Å²) in [4.78, 5) is 6.98. The highest BCUT2D eigenvalue weighted by Gasteiger charge is 2.19. The lowest BCUT2D eigenvalue weighted by atomic mass is 10.0. The predicted octanol–water partition coefficient (Wildman–Crippen LogP) is 3.42. The van der Waals surface area contributed by atoms with Crippen LogP contribution >= 0.6 is 24.0 Å². The van der Waals surface area contributed by atoms with Crippen molar-refractivity contribution in [3.8, 4) is 5.69 Å². The number of guanidine groups is 1. The number of aliphatic imine (C=N–C) groups is 1. The van der Waals surface area contributed by atoms with Crippen molar-refractivity contribution < 1.29 is 0 Å². The van der Waals surface area contributed by atoms with Gasteiger partial charge in [-0.2, -0.15) is 5.10 Å². The standard InChI is InChI=1S/C21H32N6.HI/c1-3-19-9-4-5-13-26(19)15-12-23-21(22-2)24-17-18-8-6-10-20(16-18)27-14-7-11-25-27;/h6-8,10-11,14,16,19H,3-5,9,12-13,15,17H2,1-2H3,(H2,22,23,24);1H. The van der Waals surface area contributed by atoms with Gasteiger partial charge in [0, 0.05) is 45.1 Å². The van der Waals surface area contributed by atoms with Crippen LogP contribution in [-0.2, 0) is 6.54 Å². The summed E-state index contributed by atoms with van der Waals surface area (Å²) in [6.45, 7) is 6.26. The van der Waals surface area contributed by atoms with Crippen LogP contribution in [0.15, 0.2) is 47.7 Å². The van der Waals surface area contributed by atoms with E-state index < -0.39 is 0 Å². The maximum Gasteiger partial charge on any atom is 0.191 e. The zero-order valence-corrected chi connectivity index (χ0v) is 19.3. The molecule has 1 unspecified atom stereocenters. The molecule has 1 saturated heterocycles. The summed E-state index contributed by atoms with van der Waals surface area (Å²) in [5, 5.41) is 11.2. The summed E-state index contributed by atoms with van der Waals surface area (Å²) in [6.07, 6.45) is 9.05. The zero-order chi connectivity index (χ0) is 18.9. The number of piperidine rings is 1. The number of likely N-dealkylation sites (tertiary alicyclic amines) is 1. The second-order valence-electron chi connectivity index (χ2n) is 7.07. The molecule has 1 aromatic carbocycles. The molecule has 2 aromatic rings. The monoisotopic (exact) mass is 496 g/mol. The topological polar surface area (TPSA) is 57.5 Å². The summed E-state index contributed by atoms with van der Waals surface area (Å²) >= 11 is 0. The number of benzene rings is 1. The SMILES string of the molecule is CCC1CCCCN1CCNC(=NC)NCc1cccc(-n2cccn2)c1.I. The predicted molar refractivity (Wildman–Crippen MR) is 127 cm³/mol. The second-order valence-corrected chi connectivity index (χ2v) is 7.07. The molecule has 0 spiro atoms. The van der Waals surface area contributed by atoms with Crippen LogP contribution in [0.1, 0.15) is 38.2 Å². The Morgan fingerprint density at radius 3 is 2.89 bits per heavy atom. The summed E-state index contributed by atoms with van der Waals surface area (Å²) < 4.78 is 1.87. The van der Waals surface area contributed by atoms with Gasteiger partial charge >= 0.3 is 0 Å².